The van der Waals surface area contributed by atoms with Gasteiger partial charge in [0.25, 0.3) is 0 Å². The molecule has 1 aromatic rings. The van der Waals surface area contributed by atoms with E-state index in [2.05, 4.69) is 0 Å². The van der Waals surface area contributed by atoms with Crippen LogP contribution in [-0.4, -0.2) is 5.97 Å². The molecular weight excluding hydrogens is 207 g/mol. The zero-order valence-electron chi connectivity index (χ0n) is 9.70. The number of esters is 1. The lowest BCUT2D eigenvalue weighted by atomic mass is 10.1. The Morgan fingerprint density at radius 2 is 2.00 bits per heavy atom. The van der Waals surface area contributed by atoms with Crippen LogP contribution in [0.3, 0.4) is 0 Å². The summed E-state index contributed by atoms with van der Waals surface area (Å²) in [4.78, 5) is 11.5. The SMILES string of the molecule is CCCC(C)C(=O)OCc1ccc(F)cc1. The monoisotopic (exact) mass is 224 g/mol. The number of ether oxygens (including phenoxy) is 1. The lowest BCUT2D eigenvalue weighted by molar-refractivity contribution is -0.149. The number of carbonyl (C=O) groups excluding carboxylic acids is 1. The lowest BCUT2D eigenvalue weighted by Crippen LogP contribution is -2.14. The van der Waals surface area contributed by atoms with Gasteiger partial charge < -0.3 is 4.74 Å². The van der Waals surface area contributed by atoms with Crippen molar-refractivity contribution in [3.05, 3.63) is 35.6 Å². The topological polar surface area (TPSA) is 26.3 Å². The van der Waals surface area contributed by atoms with Crippen LogP contribution >= 0.6 is 0 Å². The molecule has 0 spiro atoms. The van der Waals surface area contributed by atoms with Gasteiger partial charge in [-0.05, 0) is 24.1 Å². The third kappa shape index (κ3) is 4.01. The molecule has 0 aliphatic carbocycles. The van der Waals surface area contributed by atoms with E-state index in [1.165, 1.54) is 12.1 Å². The molecule has 0 radical (unpaired) electrons. The molecule has 3 heteroatoms. The van der Waals surface area contributed by atoms with E-state index in [1.807, 2.05) is 13.8 Å². The van der Waals surface area contributed by atoms with Gasteiger partial charge in [-0.1, -0.05) is 32.4 Å². The van der Waals surface area contributed by atoms with Crippen LogP contribution in [0.1, 0.15) is 32.3 Å². The van der Waals surface area contributed by atoms with E-state index < -0.39 is 0 Å². The largest absolute Gasteiger partial charge is 0.461 e. The highest BCUT2D eigenvalue weighted by Crippen LogP contribution is 2.10. The average molecular weight is 224 g/mol. The van der Waals surface area contributed by atoms with E-state index in [4.69, 9.17) is 4.74 Å². The second-order valence-corrected chi connectivity index (χ2v) is 3.92. The maximum Gasteiger partial charge on any atom is 0.308 e. The molecule has 0 bridgehead atoms. The van der Waals surface area contributed by atoms with Crippen LogP contribution in [-0.2, 0) is 16.1 Å². The molecule has 88 valence electrons. The van der Waals surface area contributed by atoms with Gasteiger partial charge in [0, 0.05) is 0 Å². The third-order valence-corrected chi connectivity index (χ3v) is 2.42. The van der Waals surface area contributed by atoms with Crippen molar-refractivity contribution < 1.29 is 13.9 Å². The van der Waals surface area contributed by atoms with Gasteiger partial charge in [-0.2, -0.15) is 0 Å². The van der Waals surface area contributed by atoms with E-state index in [0.29, 0.717) is 0 Å². The van der Waals surface area contributed by atoms with Crippen molar-refractivity contribution in [3.8, 4) is 0 Å². The molecule has 0 aliphatic heterocycles. The van der Waals surface area contributed by atoms with Crippen molar-refractivity contribution in [2.45, 2.75) is 33.3 Å². The summed E-state index contributed by atoms with van der Waals surface area (Å²) in [5.41, 5.74) is 0.804. The molecule has 0 saturated heterocycles. The predicted molar refractivity (Wildman–Crippen MR) is 60.3 cm³/mol. The van der Waals surface area contributed by atoms with Gasteiger partial charge >= 0.3 is 5.97 Å². The highest BCUT2D eigenvalue weighted by Gasteiger charge is 2.12. The second kappa shape index (κ2) is 6.26. The summed E-state index contributed by atoms with van der Waals surface area (Å²) in [7, 11) is 0. The van der Waals surface area contributed by atoms with Crippen molar-refractivity contribution in [1.29, 1.82) is 0 Å². The molecular formula is C13H17FO2. The van der Waals surface area contributed by atoms with Crippen molar-refractivity contribution in [2.24, 2.45) is 5.92 Å². The molecule has 1 rings (SSSR count). The van der Waals surface area contributed by atoms with Crippen LogP contribution in [0, 0.1) is 11.7 Å². The molecule has 2 nitrogen and oxygen atoms in total. The standard InChI is InChI=1S/C13H17FO2/c1-3-4-10(2)13(15)16-9-11-5-7-12(14)8-6-11/h5-8,10H,3-4,9H2,1-2H3. The summed E-state index contributed by atoms with van der Waals surface area (Å²) < 4.78 is 17.7. The summed E-state index contributed by atoms with van der Waals surface area (Å²) in [5, 5.41) is 0. The summed E-state index contributed by atoms with van der Waals surface area (Å²) >= 11 is 0. The Labute approximate surface area is 95.4 Å². The lowest BCUT2D eigenvalue weighted by Gasteiger charge is -2.10. The highest BCUT2D eigenvalue weighted by atomic mass is 19.1. The molecule has 0 aliphatic rings. The number of hydrogen-bond acceptors (Lipinski definition) is 2. The first-order valence-corrected chi connectivity index (χ1v) is 5.54. The fourth-order valence-electron chi connectivity index (χ4n) is 1.43. The Kier molecular flexibility index (Phi) is 4.96. The molecule has 1 unspecified atom stereocenters. The molecule has 16 heavy (non-hydrogen) atoms. The van der Waals surface area contributed by atoms with E-state index in [0.717, 1.165) is 18.4 Å². The fourth-order valence-corrected chi connectivity index (χ4v) is 1.43. The minimum absolute atomic E-state index is 0.0644. The molecule has 0 saturated carbocycles. The summed E-state index contributed by atoms with van der Waals surface area (Å²) in [6, 6.07) is 5.96. The summed E-state index contributed by atoms with van der Waals surface area (Å²) in [6.07, 6.45) is 1.80. The van der Waals surface area contributed by atoms with Crippen LogP contribution in [0.5, 0.6) is 0 Å². The van der Waals surface area contributed by atoms with Crippen molar-refractivity contribution >= 4 is 5.97 Å². The molecule has 0 N–H and O–H groups in total. The summed E-state index contributed by atoms with van der Waals surface area (Å²) in [6.45, 7) is 4.10. The molecule has 1 aromatic carbocycles. The predicted octanol–water partition coefficient (Wildman–Crippen LogP) is 3.31. The van der Waals surface area contributed by atoms with Crippen molar-refractivity contribution in [2.75, 3.05) is 0 Å². The van der Waals surface area contributed by atoms with Crippen LogP contribution < -0.4 is 0 Å². The molecule has 0 amide bonds. The van der Waals surface area contributed by atoms with E-state index in [-0.39, 0.29) is 24.3 Å². The second-order valence-electron chi connectivity index (χ2n) is 3.92. The highest BCUT2D eigenvalue weighted by molar-refractivity contribution is 5.71. The number of halogens is 1. The number of hydrogen-bond donors (Lipinski definition) is 0. The van der Waals surface area contributed by atoms with Gasteiger partial charge in [0.1, 0.15) is 12.4 Å². The smallest absolute Gasteiger partial charge is 0.308 e. The molecule has 0 heterocycles. The van der Waals surface area contributed by atoms with Crippen molar-refractivity contribution in [3.63, 3.8) is 0 Å². The van der Waals surface area contributed by atoms with Gasteiger partial charge in [-0.3, -0.25) is 4.79 Å². The Balaban J connectivity index is 2.39. The minimum Gasteiger partial charge on any atom is -0.461 e. The van der Waals surface area contributed by atoms with E-state index >= 15 is 0 Å². The maximum absolute atomic E-state index is 12.6. The van der Waals surface area contributed by atoms with Crippen LogP contribution in [0.4, 0.5) is 4.39 Å². The van der Waals surface area contributed by atoms with Crippen molar-refractivity contribution in [1.82, 2.24) is 0 Å². The van der Waals surface area contributed by atoms with Gasteiger partial charge in [0.05, 0.1) is 5.92 Å². The van der Waals surface area contributed by atoms with E-state index in [9.17, 15) is 9.18 Å². The molecule has 1 atom stereocenters. The normalized spacial score (nSPS) is 12.2. The Bertz CT molecular complexity index is 332. The van der Waals surface area contributed by atoms with Crippen LogP contribution in [0.2, 0.25) is 0 Å². The van der Waals surface area contributed by atoms with Gasteiger partial charge in [-0.15, -0.1) is 0 Å². The molecule has 0 fully saturated rings. The zero-order valence-corrected chi connectivity index (χ0v) is 9.70. The number of carbonyl (C=O) groups is 1. The minimum atomic E-state index is -0.283. The Hall–Kier alpha value is -1.38. The first-order valence-electron chi connectivity index (χ1n) is 5.54. The maximum atomic E-state index is 12.6. The Morgan fingerprint density at radius 1 is 1.38 bits per heavy atom. The molecule has 0 aromatic heterocycles. The fraction of sp³-hybridized carbons (Fsp3) is 0.462. The van der Waals surface area contributed by atoms with Crippen LogP contribution in [0.25, 0.3) is 0 Å². The van der Waals surface area contributed by atoms with Gasteiger partial charge in [-0.25, -0.2) is 4.39 Å². The average Bonchev–Trinajstić information content (AvgIpc) is 2.28. The zero-order chi connectivity index (χ0) is 12.0. The Morgan fingerprint density at radius 3 is 2.56 bits per heavy atom. The third-order valence-electron chi connectivity index (χ3n) is 2.42. The van der Waals surface area contributed by atoms with Gasteiger partial charge in [0.15, 0.2) is 0 Å². The van der Waals surface area contributed by atoms with Gasteiger partial charge in [0.2, 0.25) is 0 Å². The number of rotatable bonds is 5. The van der Waals surface area contributed by atoms with Crippen LogP contribution in [0.15, 0.2) is 24.3 Å². The summed E-state index contributed by atoms with van der Waals surface area (Å²) in [5.74, 6) is -0.536. The first-order chi connectivity index (χ1) is 7.63. The first kappa shape index (κ1) is 12.7. The van der Waals surface area contributed by atoms with E-state index in [1.54, 1.807) is 12.1 Å². The number of benzene rings is 1. The quantitative estimate of drug-likeness (QED) is 0.717.